The van der Waals surface area contributed by atoms with Gasteiger partial charge in [-0.05, 0) is 17.5 Å². The number of hydrogen-bond donors (Lipinski definition) is 1. The van der Waals surface area contributed by atoms with Crippen molar-refractivity contribution in [1.29, 1.82) is 0 Å². The van der Waals surface area contributed by atoms with Crippen LogP contribution in [0.1, 0.15) is 44.7 Å². The molecule has 16 heavy (non-hydrogen) atoms. The molecule has 0 spiro atoms. The Morgan fingerprint density at radius 3 is 2.62 bits per heavy atom. The molecule has 2 rings (SSSR count). The standard InChI is InChI=1S/C13H17FO2/c1-7(2)8-5-9(14)12-10(11(8)15)13(3,4)6-16-12/h5,7,15H,6H2,1-4H3. The Morgan fingerprint density at radius 1 is 1.44 bits per heavy atom. The molecule has 1 aliphatic heterocycles. The summed E-state index contributed by atoms with van der Waals surface area (Å²) in [4.78, 5) is 0. The Bertz CT molecular complexity index is 436. The highest BCUT2D eigenvalue weighted by Gasteiger charge is 2.38. The SMILES string of the molecule is CC(C)c1cc(F)c2c(c1O)C(C)(C)CO2. The van der Waals surface area contributed by atoms with Crippen molar-refractivity contribution in [3.63, 3.8) is 0 Å². The van der Waals surface area contributed by atoms with Crippen molar-refractivity contribution in [2.75, 3.05) is 6.61 Å². The largest absolute Gasteiger partial charge is 0.507 e. The molecule has 0 radical (unpaired) electrons. The number of aromatic hydroxyl groups is 1. The van der Waals surface area contributed by atoms with Crippen molar-refractivity contribution in [2.45, 2.75) is 39.0 Å². The van der Waals surface area contributed by atoms with Crippen LogP contribution in [0.5, 0.6) is 11.5 Å². The average Bonchev–Trinajstić information content (AvgIpc) is 2.48. The van der Waals surface area contributed by atoms with E-state index in [2.05, 4.69) is 0 Å². The molecule has 1 aromatic carbocycles. The Morgan fingerprint density at radius 2 is 2.06 bits per heavy atom. The van der Waals surface area contributed by atoms with E-state index in [1.165, 1.54) is 6.07 Å². The molecule has 2 nitrogen and oxygen atoms in total. The van der Waals surface area contributed by atoms with Crippen LogP contribution >= 0.6 is 0 Å². The molecule has 0 saturated carbocycles. The van der Waals surface area contributed by atoms with Gasteiger partial charge in [-0.15, -0.1) is 0 Å². The highest BCUT2D eigenvalue weighted by molar-refractivity contribution is 5.56. The first-order valence-corrected chi connectivity index (χ1v) is 5.53. The molecule has 0 aromatic heterocycles. The number of rotatable bonds is 1. The minimum atomic E-state index is -0.373. The second kappa shape index (κ2) is 3.37. The van der Waals surface area contributed by atoms with Crippen LogP contribution in [-0.4, -0.2) is 11.7 Å². The monoisotopic (exact) mass is 224 g/mol. The van der Waals surface area contributed by atoms with E-state index in [0.717, 1.165) is 0 Å². The number of benzene rings is 1. The normalized spacial score (nSPS) is 17.4. The zero-order chi connectivity index (χ0) is 12.1. The molecule has 0 fully saturated rings. The topological polar surface area (TPSA) is 29.5 Å². The summed E-state index contributed by atoms with van der Waals surface area (Å²) in [7, 11) is 0. The molecule has 1 aromatic rings. The van der Waals surface area contributed by atoms with E-state index in [-0.39, 0.29) is 28.6 Å². The predicted octanol–water partition coefficient (Wildman–Crippen LogP) is 3.32. The van der Waals surface area contributed by atoms with E-state index in [0.29, 0.717) is 17.7 Å². The van der Waals surface area contributed by atoms with Crippen LogP contribution in [0.4, 0.5) is 4.39 Å². The fourth-order valence-electron chi connectivity index (χ4n) is 2.18. The quantitative estimate of drug-likeness (QED) is 0.792. The van der Waals surface area contributed by atoms with Crippen molar-refractivity contribution in [1.82, 2.24) is 0 Å². The lowest BCUT2D eigenvalue weighted by molar-refractivity contribution is 0.281. The van der Waals surface area contributed by atoms with Gasteiger partial charge in [0.05, 0.1) is 6.61 Å². The van der Waals surface area contributed by atoms with Crippen molar-refractivity contribution < 1.29 is 14.2 Å². The number of halogens is 1. The molecule has 0 bridgehead atoms. The molecule has 0 unspecified atom stereocenters. The molecule has 0 saturated heterocycles. The van der Waals surface area contributed by atoms with Gasteiger partial charge in [0, 0.05) is 11.0 Å². The molecule has 0 atom stereocenters. The fraction of sp³-hybridized carbons (Fsp3) is 0.538. The summed E-state index contributed by atoms with van der Waals surface area (Å²) in [6, 6.07) is 1.38. The van der Waals surface area contributed by atoms with Crippen molar-refractivity contribution in [3.05, 3.63) is 23.0 Å². The first-order chi connectivity index (χ1) is 7.34. The lowest BCUT2D eigenvalue weighted by atomic mass is 9.83. The van der Waals surface area contributed by atoms with E-state index in [1.54, 1.807) is 0 Å². The number of phenolic OH excluding ortho intramolecular Hbond substituents is 1. The minimum absolute atomic E-state index is 0.0937. The zero-order valence-electron chi connectivity index (χ0n) is 10.1. The maximum atomic E-state index is 13.8. The molecule has 0 aliphatic carbocycles. The Labute approximate surface area is 95.1 Å². The molecule has 88 valence electrons. The second-order valence-electron chi connectivity index (χ2n) is 5.33. The van der Waals surface area contributed by atoms with Gasteiger partial charge >= 0.3 is 0 Å². The zero-order valence-corrected chi connectivity index (χ0v) is 10.1. The number of ether oxygens (including phenoxy) is 1. The van der Waals surface area contributed by atoms with E-state index < -0.39 is 0 Å². The molecule has 0 amide bonds. The van der Waals surface area contributed by atoms with Gasteiger partial charge in [0.1, 0.15) is 5.75 Å². The van der Waals surface area contributed by atoms with E-state index >= 15 is 0 Å². The van der Waals surface area contributed by atoms with Crippen LogP contribution in [-0.2, 0) is 5.41 Å². The summed E-state index contributed by atoms with van der Waals surface area (Å²) in [6.45, 7) is 8.17. The Hall–Kier alpha value is -1.25. The molecule has 1 N–H and O–H groups in total. The van der Waals surface area contributed by atoms with E-state index in [9.17, 15) is 9.50 Å². The summed E-state index contributed by atoms with van der Waals surface area (Å²) in [5.74, 6) is 0.124. The van der Waals surface area contributed by atoms with Gasteiger partial charge < -0.3 is 9.84 Å². The molecule has 1 aliphatic rings. The summed E-state index contributed by atoms with van der Waals surface area (Å²) < 4.78 is 19.1. The maximum Gasteiger partial charge on any atom is 0.165 e. The third-order valence-electron chi connectivity index (χ3n) is 3.11. The van der Waals surface area contributed by atoms with Gasteiger partial charge in [-0.2, -0.15) is 0 Å². The van der Waals surface area contributed by atoms with E-state index in [1.807, 2.05) is 27.7 Å². The van der Waals surface area contributed by atoms with Gasteiger partial charge in [-0.3, -0.25) is 0 Å². The number of hydrogen-bond acceptors (Lipinski definition) is 2. The van der Waals surface area contributed by atoms with Crippen molar-refractivity contribution in [2.24, 2.45) is 0 Å². The molecular formula is C13H17FO2. The smallest absolute Gasteiger partial charge is 0.165 e. The summed E-state index contributed by atoms with van der Waals surface area (Å²) in [6.07, 6.45) is 0. The van der Waals surface area contributed by atoms with Crippen LogP contribution in [0.25, 0.3) is 0 Å². The molecule has 1 heterocycles. The molecule has 3 heteroatoms. The third kappa shape index (κ3) is 1.46. The van der Waals surface area contributed by atoms with E-state index in [4.69, 9.17) is 4.74 Å². The Balaban J connectivity index is 2.72. The summed E-state index contributed by atoms with van der Waals surface area (Å²) >= 11 is 0. The van der Waals surface area contributed by atoms with Crippen LogP contribution in [0.3, 0.4) is 0 Å². The minimum Gasteiger partial charge on any atom is -0.507 e. The van der Waals surface area contributed by atoms with Gasteiger partial charge in [0.25, 0.3) is 0 Å². The average molecular weight is 224 g/mol. The lowest BCUT2D eigenvalue weighted by Gasteiger charge is -2.19. The Kier molecular flexibility index (Phi) is 2.37. The van der Waals surface area contributed by atoms with Gasteiger partial charge in [-0.1, -0.05) is 27.7 Å². The van der Waals surface area contributed by atoms with Gasteiger partial charge in [0.15, 0.2) is 11.6 Å². The van der Waals surface area contributed by atoms with Gasteiger partial charge in [-0.25, -0.2) is 4.39 Å². The van der Waals surface area contributed by atoms with Gasteiger partial charge in [0.2, 0.25) is 0 Å². The van der Waals surface area contributed by atoms with Crippen LogP contribution in [0.2, 0.25) is 0 Å². The highest BCUT2D eigenvalue weighted by Crippen LogP contribution is 2.48. The molecular weight excluding hydrogens is 207 g/mol. The maximum absolute atomic E-state index is 13.8. The summed E-state index contributed by atoms with van der Waals surface area (Å²) in [5, 5.41) is 10.2. The first-order valence-electron chi connectivity index (χ1n) is 5.53. The second-order valence-corrected chi connectivity index (χ2v) is 5.33. The third-order valence-corrected chi connectivity index (χ3v) is 3.11. The lowest BCUT2D eigenvalue weighted by Crippen LogP contribution is -2.18. The fourth-order valence-corrected chi connectivity index (χ4v) is 2.18. The first kappa shape index (κ1) is 11.2. The summed E-state index contributed by atoms with van der Waals surface area (Å²) in [5.41, 5.74) is 0.927. The van der Waals surface area contributed by atoms with Crippen molar-refractivity contribution >= 4 is 0 Å². The van der Waals surface area contributed by atoms with Crippen LogP contribution < -0.4 is 4.74 Å². The van der Waals surface area contributed by atoms with Crippen molar-refractivity contribution in [3.8, 4) is 11.5 Å². The number of phenols is 1. The number of fused-ring (bicyclic) bond motifs is 1. The van der Waals surface area contributed by atoms with Crippen LogP contribution in [0.15, 0.2) is 6.07 Å². The predicted molar refractivity (Wildman–Crippen MR) is 60.7 cm³/mol. The van der Waals surface area contributed by atoms with Crippen LogP contribution in [0, 0.1) is 5.82 Å². The highest BCUT2D eigenvalue weighted by atomic mass is 19.1.